The number of fused-ring (bicyclic) bond motifs is 1. The zero-order valence-electron chi connectivity index (χ0n) is 15.6. The van der Waals surface area contributed by atoms with Gasteiger partial charge in [0.25, 0.3) is 0 Å². The maximum atomic E-state index is 5.04. The number of aliphatic imine (C=N–C) groups is 2. The number of nitrogens with zero attached hydrogens (tertiary/aromatic N) is 2. The van der Waals surface area contributed by atoms with Gasteiger partial charge in [-0.25, -0.2) is 0 Å². The molecule has 132 valence electrons. The predicted octanol–water partition coefficient (Wildman–Crippen LogP) is 7.20. The number of rotatable bonds is 1. The van der Waals surface area contributed by atoms with Gasteiger partial charge in [-0.3, -0.25) is 9.98 Å². The van der Waals surface area contributed by atoms with E-state index in [-0.39, 0.29) is 0 Å². The molecule has 0 saturated carbocycles. The van der Waals surface area contributed by atoms with Gasteiger partial charge in [0.2, 0.25) is 0 Å². The minimum absolute atomic E-state index is 0.763. The molecule has 0 unspecified atom stereocenters. The van der Waals surface area contributed by atoms with E-state index >= 15 is 0 Å². The highest BCUT2D eigenvalue weighted by Gasteiger charge is 2.17. The molecule has 0 saturated heterocycles. The molecule has 5 aromatic rings. The predicted molar refractivity (Wildman–Crippen MR) is 120 cm³/mol. The summed E-state index contributed by atoms with van der Waals surface area (Å²) in [6, 6.07) is 28.1. The molecule has 28 heavy (non-hydrogen) atoms. The first-order valence-electron chi connectivity index (χ1n) is 9.65. The largest absolute Gasteiger partial charge is 0.255 e. The average Bonchev–Trinajstić information content (AvgIpc) is 2.89. The fraction of sp³-hybridized carbons (Fsp3) is 0.0769. The first kappa shape index (κ1) is 15.5. The van der Waals surface area contributed by atoms with E-state index in [4.69, 9.17) is 9.98 Å². The van der Waals surface area contributed by atoms with Crippen LogP contribution in [0.4, 0.5) is 11.4 Å². The summed E-state index contributed by atoms with van der Waals surface area (Å²) in [5, 5.41) is 7.82. The molecular formula is C26H18N2. The van der Waals surface area contributed by atoms with Crippen molar-refractivity contribution in [3.63, 3.8) is 0 Å². The van der Waals surface area contributed by atoms with Gasteiger partial charge < -0.3 is 0 Å². The van der Waals surface area contributed by atoms with Gasteiger partial charge in [0.15, 0.2) is 0 Å². The van der Waals surface area contributed by atoms with Crippen molar-refractivity contribution < 1.29 is 0 Å². The average molecular weight is 358 g/mol. The molecule has 0 N–H and O–H groups in total. The van der Waals surface area contributed by atoms with E-state index in [0.29, 0.717) is 0 Å². The lowest BCUT2D eigenvalue weighted by Crippen LogP contribution is -2.06. The van der Waals surface area contributed by atoms with Crippen LogP contribution in [0.25, 0.3) is 32.3 Å². The number of para-hydroxylation sites is 2. The van der Waals surface area contributed by atoms with Crippen molar-refractivity contribution in [1.29, 1.82) is 0 Å². The Morgan fingerprint density at radius 3 is 2.04 bits per heavy atom. The fourth-order valence-electron chi connectivity index (χ4n) is 4.47. The van der Waals surface area contributed by atoms with Gasteiger partial charge in [-0.15, -0.1) is 0 Å². The van der Waals surface area contributed by atoms with Crippen molar-refractivity contribution in [1.82, 2.24) is 0 Å². The molecule has 1 aliphatic rings. The maximum Gasteiger partial charge on any atom is 0.0889 e. The topological polar surface area (TPSA) is 24.7 Å². The smallest absolute Gasteiger partial charge is 0.0889 e. The molecule has 0 bridgehead atoms. The molecule has 0 amide bonds. The Balaban J connectivity index is 1.69. The molecule has 0 radical (unpaired) electrons. The summed E-state index contributed by atoms with van der Waals surface area (Å²) >= 11 is 0. The van der Waals surface area contributed by atoms with Crippen molar-refractivity contribution in [2.75, 3.05) is 0 Å². The molecular weight excluding hydrogens is 340 g/mol. The fourth-order valence-corrected chi connectivity index (χ4v) is 4.47. The Labute approximate surface area is 163 Å². The molecule has 1 aliphatic heterocycles. The van der Waals surface area contributed by atoms with Crippen molar-refractivity contribution in [3.8, 4) is 0 Å². The van der Waals surface area contributed by atoms with Crippen LogP contribution in [0, 0.1) is 0 Å². The molecule has 0 spiro atoms. The first-order chi connectivity index (χ1) is 13.8. The Kier molecular flexibility index (Phi) is 3.18. The second kappa shape index (κ2) is 5.74. The Hall–Kier alpha value is -3.52. The first-order valence-corrected chi connectivity index (χ1v) is 9.65. The standard InChI is InChI=1S/C26H18N2/c1-16-15-24(28-23-8-3-2-7-22(23)27-16)20-13-11-19-10-9-17-5-4-6-18-12-14-21(20)26(19)25(17)18/h2-14H,15H2,1H3. The molecule has 5 aromatic carbocycles. The zero-order chi connectivity index (χ0) is 18.7. The van der Waals surface area contributed by atoms with Gasteiger partial charge in [-0.05, 0) is 51.4 Å². The molecule has 0 atom stereocenters. The minimum Gasteiger partial charge on any atom is -0.255 e. The van der Waals surface area contributed by atoms with Crippen molar-refractivity contribution in [2.45, 2.75) is 13.3 Å². The molecule has 2 heteroatoms. The van der Waals surface area contributed by atoms with Crippen LogP contribution >= 0.6 is 0 Å². The lowest BCUT2D eigenvalue weighted by molar-refractivity contribution is 1.45. The third-order valence-corrected chi connectivity index (χ3v) is 5.71. The number of hydrogen-bond acceptors (Lipinski definition) is 2. The van der Waals surface area contributed by atoms with Crippen LogP contribution in [-0.4, -0.2) is 11.4 Å². The normalized spacial score (nSPS) is 14.2. The maximum absolute atomic E-state index is 5.04. The van der Waals surface area contributed by atoms with E-state index in [0.717, 1.165) is 29.2 Å². The SMILES string of the molecule is CC1=Nc2ccccc2N=C(c2ccc3ccc4cccc5ccc2c3c45)C1. The molecule has 6 rings (SSSR count). The van der Waals surface area contributed by atoms with Gasteiger partial charge in [0.05, 0.1) is 17.1 Å². The quantitative estimate of drug-likeness (QED) is 0.283. The number of benzene rings is 5. The number of hydrogen-bond donors (Lipinski definition) is 0. The summed E-state index contributed by atoms with van der Waals surface area (Å²) in [7, 11) is 0. The Bertz CT molecular complexity index is 1420. The molecule has 0 aliphatic carbocycles. The molecule has 1 heterocycles. The van der Waals surface area contributed by atoms with Crippen LogP contribution in [0.2, 0.25) is 0 Å². The summed E-state index contributed by atoms with van der Waals surface area (Å²) < 4.78 is 0. The van der Waals surface area contributed by atoms with Gasteiger partial charge in [-0.2, -0.15) is 0 Å². The second-order valence-corrected chi connectivity index (χ2v) is 7.54. The van der Waals surface area contributed by atoms with E-state index in [1.165, 1.54) is 37.9 Å². The van der Waals surface area contributed by atoms with E-state index < -0.39 is 0 Å². The van der Waals surface area contributed by atoms with E-state index in [1.807, 2.05) is 24.3 Å². The summed E-state index contributed by atoms with van der Waals surface area (Å²) in [5.74, 6) is 0. The van der Waals surface area contributed by atoms with Crippen molar-refractivity contribution >= 4 is 55.1 Å². The lowest BCUT2D eigenvalue weighted by Gasteiger charge is -2.15. The van der Waals surface area contributed by atoms with Gasteiger partial charge in [0, 0.05) is 17.7 Å². The van der Waals surface area contributed by atoms with Crippen LogP contribution in [0.15, 0.2) is 88.8 Å². The highest BCUT2D eigenvalue weighted by Crippen LogP contribution is 2.38. The summed E-state index contributed by atoms with van der Waals surface area (Å²) in [5.41, 5.74) is 5.28. The van der Waals surface area contributed by atoms with Crippen LogP contribution < -0.4 is 0 Å². The second-order valence-electron chi connectivity index (χ2n) is 7.54. The van der Waals surface area contributed by atoms with Crippen LogP contribution in [0.5, 0.6) is 0 Å². The minimum atomic E-state index is 0.763. The summed E-state index contributed by atoms with van der Waals surface area (Å²) in [4.78, 5) is 9.82. The van der Waals surface area contributed by atoms with E-state index in [9.17, 15) is 0 Å². The van der Waals surface area contributed by atoms with Crippen LogP contribution in [-0.2, 0) is 0 Å². The monoisotopic (exact) mass is 358 g/mol. The highest BCUT2D eigenvalue weighted by atomic mass is 14.9. The lowest BCUT2D eigenvalue weighted by atomic mass is 9.90. The van der Waals surface area contributed by atoms with Gasteiger partial charge >= 0.3 is 0 Å². The van der Waals surface area contributed by atoms with Crippen molar-refractivity contribution in [2.24, 2.45) is 9.98 Å². The Morgan fingerprint density at radius 1 is 0.607 bits per heavy atom. The van der Waals surface area contributed by atoms with Gasteiger partial charge in [0.1, 0.15) is 0 Å². The third kappa shape index (κ3) is 2.21. The van der Waals surface area contributed by atoms with Gasteiger partial charge in [-0.1, -0.05) is 66.7 Å². The van der Waals surface area contributed by atoms with Crippen LogP contribution in [0.1, 0.15) is 18.9 Å². The Morgan fingerprint density at radius 2 is 1.25 bits per heavy atom. The van der Waals surface area contributed by atoms with Crippen LogP contribution in [0.3, 0.4) is 0 Å². The van der Waals surface area contributed by atoms with E-state index in [2.05, 4.69) is 61.5 Å². The van der Waals surface area contributed by atoms with E-state index in [1.54, 1.807) is 0 Å². The summed E-state index contributed by atoms with van der Waals surface area (Å²) in [6.07, 6.45) is 0.763. The molecule has 0 fully saturated rings. The zero-order valence-corrected chi connectivity index (χ0v) is 15.6. The van der Waals surface area contributed by atoms with Crippen molar-refractivity contribution in [3.05, 3.63) is 84.4 Å². The molecule has 2 nitrogen and oxygen atoms in total. The molecule has 0 aromatic heterocycles. The summed E-state index contributed by atoms with van der Waals surface area (Å²) in [6.45, 7) is 2.09. The highest BCUT2D eigenvalue weighted by molar-refractivity contribution is 6.28. The third-order valence-electron chi connectivity index (χ3n) is 5.71.